The van der Waals surface area contributed by atoms with Crippen LogP contribution >= 0.6 is 11.6 Å². The summed E-state index contributed by atoms with van der Waals surface area (Å²) in [5, 5.41) is 0.0899. The summed E-state index contributed by atoms with van der Waals surface area (Å²) in [5.41, 5.74) is 1.80. The highest BCUT2D eigenvalue weighted by molar-refractivity contribution is 7.89. The smallest absolute Gasteiger partial charge is 0.326 e. The van der Waals surface area contributed by atoms with E-state index in [9.17, 15) is 18.0 Å². The molecule has 1 saturated carbocycles. The monoisotopic (exact) mass is 474 g/mol. The molecule has 5 rings (SSSR count). The van der Waals surface area contributed by atoms with Gasteiger partial charge in [0.25, 0.3) is 5.91 Å². The number of piperidine rings is 1. The van der Waals surface area contributed by atoms with E-state index in [0.717, 1.165) is 23.9 Å². The van der Waals surface area contributed by atoms with E-state index in [4.69, 9.17) is 11.6 Å². The molecule has 32 heavy (non-hydrogen) atoms. The Morgan fingerprint density at radius 2 is 1.78 bits per heavy atom. The van der Waals surface area contributed by atoms with Crippen molar-refractivity contribution in [2.75, 3.05) is 13.1 Å². The lowest BCUT2D eigenvalue weighted by Gasteiger charge is -2.32. The molecule has 2 aliphatic rings. The van der Waals surface area contributed by atoms with E-state index >= 15 is 0 Å². The molecule has 1 aliphatic heterocycles. The van der Waals surface area contributed by atoms with Gasteiger partial charge in [0.2, 0.25) is 10.0 Å². The normalized spacial score (nSPS) is 17.7. The van der Waals surface area contributed by atoms with Gasteiger partial charge in [0.15, 0.2) is 0 Å². The summed E-state index contributed by atoms with van der Waals surface area (Å²) in [4.78, 5) is 30.1. The SMILES string of the molecule is O=C(c1ccc(Cl)c(S(=O)(=O)NC2CC2)c1)N1CCC(n2c(=O)[nH]c3ccccc32)CC1. The molecule has 8 nitrogen and oxygen atoms in total. The standard InChI is InChI=1S/C22H23ClN4O4S/c23-17-8-5-14(13-20(17)32(30,31)25-15-6-7-15)21(28)26-11-9-16(10-12-26)27-19-4-2-1-3-18(19)24-22(27)29/h1-5,8,13,15-16,25H,6-7,9-12H2,(H,24,29). The van der Waals surface area contributed by atoms with Gasteiger partial charge in [0.1, 0.15) is 4.90 Å². The van der Waals surface area contributed by atoms with Gasteiger partial charge in [-0.2, -0.15) is 0 Å². The van der Waals surface area contributed by atoms with E-state index in [0.29, 0.717) is 25.9 Å². The maximum atomic E-state index is 13.1. The third kappa shape index (κ3) is 3.96. The molecule has 1 amide bonds. The highest BCUT2D eigenvalue weighted by Gasteiger charge is 2.31. The zero-order valence-corrected chi connectivity index (χ0v) is 18.8. The van der Waals surface area contributed by atoms with Gasteiger partial charge in [0, 0.05) is 30.7 Å². The van der Waals surface area contributed by atoms with Crippen molar-refractivity contribution < 1.29 is 13.2 Å². The van der Waals surface area contributed by atoms with Crippen molar-refractivity contribution in [1.29, 1.82) is 0 Å². The molecule has 3 aromatic rings. The molecular weight excluding hydrogens is 452 g/mol. The van der Waals surface area contributed by atoms with Crippen LogP contribution in [0.3, 0.4) is 0 Å². The van der Waals surface area contributed by atoms with E-state index in [1.165, 1.54) is 12.1 Å². The molecule has 2 fully saturated rings. The molecule has 2 aromatic carbocycles. The van der Waals surface area contributed by atoms with E-state index < -0.39 is 10.0 Å². The number of carbonyl (C=O) groups is 1. The predicted molar refractivity (Wildman–Crippen MR) is 122 cm³/mol. The maximum Gasteiger partial charge on any atom is 0.326 e. The quantitative estimate of drug-likeness (QED) is 0.593. The van der Waals surface area contributed by atoms with Gasteiger partial charge in [-0.15, -0.1) is 0 Å². The van der Waals surface area contributed by atoms with Crippen molar-refractivity contribution in [3.05, 3.63) is 63.5 Å². The molecule has 0 radical (unpaired) electrons. The lowest BCUT2D eigenvalue weighted by Crippen LogP contribution is -2.40. The van der Waals surface area contributed by atoms with Crippen molar-refractivity contribution in [2.45, 2.75) is 42.7 Å². The third-order valence-corrected chi connectivity index (χ3v) is 8.11. The van der Waals surface area contributed by atoms with E-state index in [1.54, 1.807) is 15.5 Å². The summed E-state index contributed by atoms with van der Waals surface area (Å²) in [6, 6.07) is 11.9. The van der Waals surface area contributed by atoms with Crippen LogP contribution in [0.1, 0.15) is 42.1 Å². The number of halogens is 1. The lowest BCUT2D eigenvalue weighted by molar-refractivity contribution is 0.0695. The Labute approximate surface area is 190 Å². The molecule has 0 unspecified atom stereocenters. The molecule has 2 N–H and O–H groups in total. The first-order chi connectivity index (χ1) is 15.3. The van der Waals surface area contributed by atoms with Crippen LogP contribution in [0.2, 0.25) is 5.02 Å². The van der Waals surface area contributed by atoms with Gasteiger partial charge in [-0.1, -0.05) is 23.7 Å². The number of aromatic amines is 1. The van der Waals surface area contributed by atoms with Crippen LogP contribution in [0, 0.1) is 0 Å². The Morgan fingerprint density at radius 1 is 1.06 bits per heavy atom. The second-order valence-electron chi connectivity index (χ2n) is 8.38. The zero-order valence-electron chi connectivity index (χ0n) is 17.3. The first-order valence-electron chi connectivity index (χ1n) is 10.6. The van der Waals surface area contributed by atoms with Gasteiger partial charge in [0.05, 0.1) is 16.1 Å². The number of likely N-dealkylation sites (tertiary alicyclic amines) is 1. The number of amides is 1. The van der Waals surface area contributed by atoms with Crippen LogP contribution < -0.4 is 10.4 Å². The van der Waals surface area contributed by atoms with Gasteiger partial charge in [-0.25, -0.2) is 17.9 Å². The van der Waals surface area contributed by atoms with Crippen molar-refractivity contribution in [3.8, 4) is 0 Å². The number of benzene rings is 2. The minimum Gasteiger partial charge on any atom is -0.338 e. The van der Waals surface area contributed by atoms with Gasteiger partial charge in [-0.3, -0.25) is 9.36 Å². The summed E-state index contributed by atoms with van der Waals surface area (Å²) in [6.07, 6.45) is 2.89. The highest BCUT2D eigenvalue weighted by atomic mass is 35.5. The molecule has 0 spiro atoms. The number of hydrogen-bond donors (Lipinski definition) is 2. The molecule has 1 saturated heterocycles. The molecule has 0 bridgehead atoms. The second kappa shape index (κ2) is 8.06. The Morgan fingerprint density at radius 3 is 2.50 bits per heavy atom. The van der Waals surface area contributed by atoms with Crippen molar-refractivity contribution >= 4 is 38.6 Å². The van der Waals surface area contributed by atoms with Crippen LogP contribution in [0.5, 0.6) is 0 Å². The molecular formula is C22H23ClN4O4S. The zero-order chi connectivity index (χ0) is 22.5. The number of aromatic nitrogens is 2. The van der Waals surface area contributed by atoms with Crippen molar-refractivity contribution in [2.24, 2.45) is 0 Å². The highest BCUT2D eigenvalue weighted by Crippen LogP contribution is 2.29. The number of nitrogens with zero attached hydrogens (tertiary/aromatic N) is 2. The van der Waals surface area contributed by atoms with Crippen LogP contribution in [0.4, 0.5) is 0 Å². The van der Waals surface area contributed by atoms with Gasteiger partial charge in [-0.05, 0) is 56.0 Å². The number of para-hydroxylation sites is 2. The number of nitrogens with one attached hydrogen (secondary N) is 2. The number of fused-ring (bicyclic) bond motifs is 1. The number of rotatable bonds is 5. The summed E-state index contributed by atoms with van der Waals surface area (Å²) in [5.74, 6) is -0.241. The number of hydrogen-bond acceptors (Lipinski definition) is 4. The molecule has 2 heterocycles. The number of carbonyl (C=O) groups excluding carboxylic acids is 1. The topological polar surface area (TPSA) is 104 Å². The molecule has 1 aromatic heterocycles. The second-order valence-corrected chi connectivity index (χ2v) is 10.5. The van der Waals surface area contributed by atoms with Crippen molar-refractivity contribution in [1.82, 2.24) is 19.2 Å². The van der Waals surface area contributed by atoms with Crippen LogP contribution in [-0.2, 0) is 10.0 Å². The number of sulfonamides is 1. The minimum absolute atomic E-state index is 0.00778. The average molecular weight is 475 g/mol. The van der Waals surface area contributed by atoms with Gasteiger partial charge >= 0.3 is 5.69 Å². The number of H-pyrrole nitrogens is 1. The largest absolute Gasteiger partial charge is 0.338 e. The minimum atomic E-state index is -3.77. The Balaban J connectivity index is 1.33. The van der Waals surface area contributed by atoms with Crippen molar-refractivity contribution in [3.63, 3.8) is 0 Å². The molecule has 0 atom stereocenters. The van der Waals surface area contributed by atoms with E-state index in [1.807, 2.05) is 24.3 Å². The predicted octanol–water partition coefficient (Wildman–Crippen LogP) is 2.90. The van der Waals surface area contributed by atoms with E-state index in [-0.39, 0.29) is 39.2 Å². The maximum absolute atomic E-state index is 13.1. The first-order valence-corrected chi connectivity index (χ1v) is 12.5. The molecule has 1 aliphatic carbocycles. The summed E-state index contributed by atoms with van der Waals surface area (Å²) >= 11 is 6.13. The number of imidazole rings is 1. The summed E-state index contributed by atoms with van der Waals surface area (Å²) in [7, 11) is -3.77. The van der Waals surface area contributed by atoms with E-state index in [2.05, 4.69) is 9.71 Å². The fourth-order valence-electron chi connectivity index (χ4n) is 4.27. The lowest BCUT2D eigenvalue weighted by atomic mass is 10.0. The Bertz CT molecular complexity index is 1350. The van der Waals surface area contributed by atoms with Crippen LogP contribution in [0.25, 0.3) is 11.0 Å². The van der Waals surface area contributed by atoms with Crippen LogP contribution in [0.15, 0.2) is 52.2 Å². The third-order valence-electron chi connectivity index (χ3n) is 6.11. The summed E-state index contributed by atoms with van der Waals surface area (Å²) < 4.78 is 29.6. The first kappa shape index (κ1) is 21.2. The molecule has 10 heteroatoms. The average Bonchev–Trinajstić information content (AvgIpc) is 3.51. The van der Waals surface area contributed by atoms with Crippen LogP contribution in [-0.4, -0.2) is 47.9 Å². The molecule has 168 valence electrons. The Hall–Kier alpha value is -2.62. The Kier molecular flexibility index (Phi) is 5.35. The summed E-state index contributed by atoms with van der Waals surface area (Å²) in [6.45, 7) is 0.945. The fraction of sp³-hybridized carbons (Fsp3) is 0.364. The fourth-order valence-corrected chi connectivity index (χ4v) is 6.10. The van der Waals surface area contributed by atoms with Gasteiger partial charge < -0.3 is 9.88 Å².